The molecule has 0 unspecified atom stereocenters. The molecule has 1 heterocycles. The van der Waals surface area contributed by atoms with Gasteiger partial charge in [-0.05, 0) is 31.4 Å². The van der Waals surface area contributed by atoms with Gasteiger partial charge >= 0.3 is 0 Å². The summed E-state index contributed by atoms with van der Waals surface area (Å²) >= 11 is 0. The molecule has 0 atom stereocenters. The molecule has 1 N–H and O–H groups in total. The highest BCUT2D eigenvalue weighted by Crippen LogP contribution is 2.29. The molecule has 1 aromatic heterocycles. The van der Waals surface area contributed by atoms with Crippen LogP contribution in [0.1, 0.15) is 25.0 Å². The van der Waals surface area contributed by atoms with E-state index in [-0.39, 0.29) is 0 Å². The monoisotopic (exact) mass is 257 g/mol. The van der Waals surface area contributed by atoms with Crippen molar-refractivity contribution in [1.29, 1.82) is 0 Å². The molecule has 102 valence electrons. The van der Waals surface area contributed by atoms with Crippen LogP contribution in [0.2, 0.25) is 0 Å². The minimum absolute atomic E-state index is 0.594. The summed E-state index contributed by atoms with van der Waals surface area (Å²) in [5.41, 5.74) is 5.88. The quantitative estimate of drug-likeness (QED) is 0.901. The van der Waals surface area contributed by atoms with Crippen molar-refractivity contribution in [1.82, 2.24) is 9.78 Å². The van der Waals surface area contributed by atoms with E-state index < -0.39 is 0 Å². The summed E-state index contributed by atoms with van der Waals surface area (Å²) in [5, 5.41) is 8.00. The van der Waals surface area contributed by atoms with Crippen LogP contribution in [-0.2, 0) is 6.54 Å². The molecule has 0 radical (unpaired) electrons. The molecule has 0 spiro atoms. The van der Waals surface area contributed by atoms with Crippen molar-refractivity contribution in [3.05, 3.63) is 35.5 Å². The first-order chi connectivity index (χ1) is 9.01. The second-order valence-electron chi connectivity index (χ2n) is 5.58. The lowest BCUT2D eigenvalue weighted by molar-refractivity contribution is 0.484. The Morgan fingerprint density at radius 3 is 2.63 bits per heavy atom. The van der Waals surface area contributed by atoms with Gasteiger partial charge in [-0.2, -0.15) is 5.10 Å². The molecular formula is C16H23N3. The van der Waals surface area contributed by atoms with Crippen LogP contribution in [-0.4, -0.2) is 16.8 Å². The van der Waals surface area contributed by atoms with Crippen molar-refractivity contribution in [2.75, 3.05) is 12.4 Å². The van der Waals surface area contributed by atoms with Gasteiger partial charge in [-0.3, -0.25) is 4.68 Å². The van der Waals surface area contributed by atoms with Crippen LogP contribution in [0.4, 0.5) is 5.69 Å². The number of hydrogen-bond acceptors (Lipinski definition) is 2. The summed E-state index contributed by atoms with van der Waals surface area (Å²) in [4.78, 5) is 0. The lowest BCUT2D eigenvalue weighted by atomic mass is 10.0. The Kier molecular flexibility index (Phi) is 3.93. The Balaban J connectivity index is 2.48. The third kappa shape index (κ3) is 2.98. The van der Waals surface area contributed by atoms with Gasteiger partial charge in [0.05, 0.1) is 5.69 Å². The van der Waals surface area contributed by atoms with Gasteiger partial charge in [0.2, 0.25) is 0 Å². The molecule has 0 bridgehead atoms. The lowest BCUT2D eigenvalue weighted by Crippen LogP contribution is -2.04. The molecule has 2 aromatic rings. The topological polar surface area (TPSA) is 29.9 Å². The molecular weight excluding hydrogens is 234 g/mol. The van der Waals surface area contributed by atoms with Gasteiger partial charge in [0.15, 0.2) is 0 Å². The third-order valence-electron chi connectivity index (χ3n) is 3.23. The SMILES string of the molecule is CNc1cn(CC(C)C)nc1-c1cc(C)ccc1C. The van der Waals surface area contributed by atoms with E-state index in [1.54, 1.807) is 0 Å². The number of aryl methyl sites for hydroxylation is 2. The minimum atomic E-state index is 0.594. The smallest absolute Gasteiger partial charge is 0.116 e. The van der Waals surface area contributed by atoms with Gasteiger partial charge in [0.25, 0.3) is 0 Å². The highest BCUT2D eigenvalue weighted by Gasteiger charge is 2.13. The number of anilines is 1. The molecule has 0 aliphatic rings. The van der Waals surface area contributed by atoms with Crippen LogP contribution in [0.3, 0.4) is 0 Å². The van der Waals surface area contributed by atoms with E-state index in [9.17, 15) is 0 Å². The maximum atomic E-state index is 4.75. The molecule has 0 aliphatic heterocycles. The van der Waals surface area contributed by atoms with Gasteiger partial charge < -0.3 is 5.32 Å². The van der Waals surface area contributed by atoms with E-state index in [0.717, 1.165) is 17.9 Å². The van der Waals surface area contributed by atoms with Crippen LogP contribution >= 0.6 is 0 Å². The van der Waals surface area contributed by atoms with Crippen LogP contribution in [0, 0.1) is 19.8 Å². The predicted octanol–water partition coefficient (Wildman–Crippen LogP) is 3.86. The second-order valence-corrected chi connectivity index (χ2v) is 5.58. The molecule has 19 heavy (non-hydrogen) atoms. The maximum absolute atomic E-state index is 4.75. The Labute approximate surface area is 115 Å². The molecule has 3 heteroatoms. The maximum Gasteiger partial charge on any atom is 0.116 e. The van der Waals surface area contributed by atoms with E-state index in [0.29, 0.717) is 5.92 Å². The number of aromatic nitrogens is 2. The minimum Gasteiger partial charge on any atom is -0.385 e. The summed E-state index contributed by atoms with van der Waals surface area (Å²) in [5.74, 6) is 0.594. The van der Waals surface area contributed by atoms with Crippen LogP contribution in [0.25, 0.3) is 11.3 Å². The van der Waals surface area contributed by atoms with Crippen molar-refractivity contribution < 1.29 is 0 Å². The zero-order valence-electron chi connectivity index (χ0n) is 12.5. The zero-order valence-corrected chi connectivity index (χ0v) is 12.5. The number of rotatable bonds is 4. The fraction of sp³-hybridized carbons (Fsp3) is 0.438. The Bertz CT molecular complexity index is 567. The fourth-order valence-corrected chi connectivity index (χ4v) is 2.26. The summed E-state index contributed by atoms with van der Waals surface area (Å²) in [6.07, 6.45) is 2.09. The standard InChI is InChI=1S/C16H23N3/c1-11(2)9-19-10-15(17-5)16(18-19)14-8-12(3)6-7-13(14)4/h6-8,10-11,17H,9H2,1-5H3. The molecule has 1 aromatic carbocycles. The van der Waals surface area contributed by atoms with Crippen molar-refractivity contribution in [2.45, 2.75) is 34.2 Å². The summed E-state index contributed by atoms with van der Waals surface area (Å²) < 4.78 is 2.04. The number of benzene rings is 1. The molecule has 2 rings (SSSR count). The molecule has 0 aliphatic carbocycles. The van der Waals surface area contributed by atoms with Gasteiger partial charge in [-0.15, -0.1) is 0 Å². The highest BCUT2D eigenvalue weighted by atomic mass is 15.3. The van der Waals surface area contributed by atoms with E-state index >= 15 is 0 Å². The average Bonchev–Trinajstić information content (AvgIpc) is 2.74. The number of hydrogen-bond donors (Lipinski definition) is 1. The normalized spacial score (nSPS) is 11.1. The first kappa shape index (κ1) is 13.7. The van der Waals surface area contributed by atoms with Crippen molar-refractivity contribution in [2.24, 2.45) is 5.92 Å². The molecule has 0 amide bonds. The van der Waals surface area contributed by atoms with E-state index in [1.165, 1.54) is 16.7 Å². The largest absolute Gasteiger partial charge is 0.385 e. The first-order valence-electron chi connectivity index (χ1n) is 6.84. The van der Waals surface area contributed by atoms with Crippen LogP contribution < -0.4 is 5.32 Å². The first-order valence-corrected chi connectivity index (χ1v) is 6.84. The Morgan fingerprint density at radius 2 is 2.00 bits per heavy atom. The molecule has 0 fully saturated rings. The van der Waals surface area contributed by atoms with Crippen molar-refractivity contribution >= 4 is 5.69 Å². The summed E-state index contributed by atoms with van der Waals surface area (Å²) in [6.45, 7) is 9.61. The van der Waals surface area contributed by atoms with E-state index in [4.69, 9.17) is 5.10 Å². The van der Waals surface area contributed by atoms with Gasteiger partial charge in [0, 0.05) is 25.4 Å². The molecule has 0 saturated carbocycles. The molecule has 0 saturated heterocycles. The van der Waals surface area contributed by atoms with Crippen LogP contribution in [0.15, 0.2) is 24.4 Å². The van der Waals surface area contributed by atoms with Crippen molar-refractivity contribution in [3.8, 4) is 11.3 Å². The highest BCUT2D eigenvalue weighted by molar-refractivity contribution is 5.76. The lowest BCUT2D eigenvalue weighted by Gasteiger charge is -2.07. The molecule has 3 nitrogen and oxygen atoms in total. The van der Waals surface area contributed by atoms with Gasteiger partial charge in [-0.25, -0.2) is 0 Å². The summed E-state index contributed by atoms with van der Waals surface area (Å²) in [6, 6.07) is 6.51. The average molecular weight is 257 g/mol. The Morgan fingerprint density at radius 1 is 1.26 bits per heavy atom. The Hall–Kier alpha value is -1.77. The fourth-order valence-electron chi connectivity index (χ4n) is 2.26. The van der Waals surface area contributed by atoms with Gasteiger partial charge in [0.1, 0.15) is 5.69 Å². The van der Waals surface area contributed by atoms with E-state index in [2.05, 4.69) is 57.4 Å². The van der Waals surface area contributed by atoms with Gasteiger partial charge in [-0.1, -0.05) is 31.5 Å². The number of nitrogens with one attached hydrogen (secondary N) is 1. The van der Waals surface area contributed by atoms with Crippen molar-refractivity contribution in [3.63, 3.8) is 0 Å². The predicted molar refractivity (Wildman–Crippen MR) is 81.5 cm³/mol. The zero-order chi connectivity index (χ0) is 14.0. The third-order valence-corrected chi connectivity index (χ3v) is 3.23. The summed E-state index contributed by atoms with van der Waals surface area (Å²) in [7, 11) is 1.95. The van der Waals surface area contributed by atoms with E-state index in [1.807, 2.05) is 11.7 Å². The number of nitrogens with zero attached hydrogens (tertiary/aromatic N) is 2. The second kappa shape index (κ2) is 5.47. The van der Waals surface area contributed by atoms with Crippen LogP contribution in [0.5, 0.6) is 0 Å².